The van der Waals surface area contributed by atoms with E-state index in [2.05, 4.69) is 24.1 Å². The second-order valence-electron chi connectivity index (χ2n) is 10.5. The average molecular weight is 535 g/mol. The van der Waals surface area contributed by atoms with Gasteiger partial charge in [-0.05, 0) is 43.4 Å². The molecule has 2 atom stereocenters. The molecule has 4 rings (SSSR count). The summed E-state index contributed by atoms with van der Waals surface area (Å²) < 4.78 is 50.2. The first-order valence-corrected chi connectivity index (χ1v) is 13.1. The molecular weight excluding hydrogens is 497 g/mol. The number of anilines is 1. The van der Waals surface area contributed by atoms with E-state index in [-0.39, 0.29) is 17.9 Å². The lowest BCUT2D eigenvalue weighted by molar-refractivity contribution is -0.145. The van der Waals surface area contributed by atoms with Crippen molar-refractivity contribution in [1.29, 1.82) is 0 Å². The maximum Gasteiger partial charge on any atom is 0.416 e. The summed E-state index contributed by atoms with van der Waals surface area (Å²) in [6.45, 7) is 6.67. The summed E-state index contributed by atoms with van der Waals surface area (Å²) in [5, 5.41) is 3.62. The van der Waals surface area contributed by atoms with Crippen LogP contribution in [0.15, 0.2) is 36.5 Å². The zero-order chi connectivity index (χ0) is 27.5. The van der Waals surface area contributed by atoms with Crippen LogP contribution in [-0.2, 0) is 17.5 Å². The smallest absolute Gasteiger partial charge is 0.416 e. The fraction of sp³-hybridized carbons (Fsp3) is 0.571. The molecule has 1 aliphatic carbocycles. The molecule has 1 aromatic carbocycles. The van der Waals surface area contributed by atoms with Gasteiger partial charge in [0.2, 0.25) is 5.91 Å². The molecule has 38 heavy (non-hydrogen) atoms. The Morgan fingerprint density at radius 1 is 1.13 bits per heavy atom. The third-order valence-electron chi connectivity index (χ3n) is 8.12. The maximum atomic E-state index is 13.9. The van der Waals surface area contributed by atoms with Crippen LogP contribution in [0.4, 0.5) is 19.0 Å². The standard InChI is InChI=1S/C28H37F3N4O3/c1-19(2)27(9-7-22(17-27)33-18-20-5-6-23(37-3)16-24(20)38-4)26(36)35-13-11-34(12-14-35)25-15-21(8-10-32-25)28(29,30)31/h5-6,8,10,15-16,19,22,33H,7,9,11-14,17-18H2,1-4H3/t22-,27+/m1/s1. The molecule has 208 valence electrons. The molecule has 1 saturated heterocycles. The molecule has 1 saturated carbocycles. The molecule has 0 spiro atoms. The largest absolute Gasteiger partial charge is 0.497 e. The normalized spacial score (nSPS) is 22.2. The molecule has 0 bridgehead atoms. The highest BCUT2D eigenvalue weighted by Gasteiger charge is 2.49. The van der Waals surface area contributed by atoms with Crippen LogP contribution >= 0.6 is 0 Å². The number of amides is 1. The third-order valence-corrected chi connectivity index (χ3v) is 8.12. The van der Waals surface area contributed by atoms with Gasteiger partial charge in [-0.25, -0.2) is 4.98 Å². The van der Waals surface area contributed by atoms with Crippen molar-refractivity contribution in [3.05, 3.63) is 47.7 Å². The van der Waals surface area contributed by atoms with Gasteiger partial charge < -0.3 is 24.6 Å². The number of pyridine rings is 1. The predicted molar refractivity (Wildman–Crippen MR) is 139 cm³/mol. The molecule has 7 nitrogen and oxygen atoms in total. The van der Waals surface area contributed by atoms with Gasteiger partial charge in [0.25, 0.3) is 0 Å². The van der Waals surface area contributed by atoms with E-state index in [0.717, 1.165) is 48.5 Å². The Labute approximate surface area is 222 Å². The van der Waals surface area contributed by atoms with Crippen LogP contribution < -0.4 is 19.7 Å². The number of nitrogens with one attached hydrogen (secondary N) is 1. The lowest BCUT2D eigenvalue weighted by atomic mass is 9.74. The number of benzene rings is 1. The number of hydrogen-bond acceptors (Lipinski definition) is 6. The number of rotatable bonds is 8. The predicted octanol–water partition coefficient (Wildman–Crippen LogP) is 4.75. The number of hydrogen-bond donors (Lipinski definition) is 1. The Kier molecular flexibility index (Phi) is 8.40. The van der Waals surface area contributed by atoms with Crippen LogP contribution in [0.1, 0.15) is 44.2 Å². The topological polar surface area (TPSA) is 66.9 Å². The summed E-state index contributed by atoms with van der Waals surface area (Å²) in [5.74, 6) is 2.11. The minimum atomic E-state index is -4.41. The minimum Gasteiger partial charge on any atom is -0.497 e. The number of carbonyl (C=O) groups is 1. The second-order valence-corrected chi connectivity index (χ2v) is 10.5. The number of piperazine rings is 1. The summed E-state index contributed by atoms with van der Waals surface area (Å²) in [7, 11) is 3.26. The summed E-state index contributed by atoms with van der Waals surface area (Å²) in [6.07, 6.45) is -0.772. The fourth-order valence-electron chi connectivity index (χ4n) is 5.69. The highest BCUT2D eigenvalue weighted by molar-refractivity contribution is 5.84. The molecule has 10 heteroatoms. The zero-order valence-electron chi connectivity index (χ0n) is 22.5. The quantitative estimate of drug-likeness (QED) is 0.527. The van der Waals surface area contributed by atoms with E-state index >= 15 is 0 Å². The van der Waals surface area contributed by atoms with Crippen molar-refractivity contribution in [2.45, 2.75) is 51.9 Å². The number of nitrogens with zero attached hydrogens (tertiary/aromatic N) is 3. The zero-order valence-corrected chi connectivity index (χ0v) is 22.5. The first-order chi connectivity index (χ1) is 18.1. The molecule has 0 unspecified atom stereocenters. The van der Waals surface area contributed by atoms with E-state index in [1.807, 2.05) is 28.0 Å². The number of alkyl halides is 3. The highest BCUT2D eigenvalue weighted by atomic mass is 19.4. The van der Waals surface area contributed by atoms with Gasteiger partial charge in [0, 0.05) is 56.6 Å². The Hall–Kier alpha value is -3.01. The molecule has 2 fully saturated rings. The van der Waals surface area contributed by atoms with Gasteiger partial charge in [-0.1, -0.05) is 19.9 Å². The van der Waals surface area contributed by atoms with E-state index in [0.29, 0.717) is 38.5 Å². The fourth-order valence-corrected chi connectivity index (χ4v) is 5.69. The van der Waals surface area contributed by atoms with Crippen LogP contribution in [0, 0.1) is 11.3 Å². The minimum absolute atomic E-state index is 0.149. The summed E-state index contributed by atoms with van der Waals surface area (Å²) in [6, 6.07) is 8.01. The molecule has 2 aromatic rings. The number of ether oxygens (including phenoxy) is 2. The number of carbonyl (C=O) groups excluding carboxylic acids is 1. The second kappa shape index (κ2) is 11.4. The van der Waals surface area contributed by atoms with Crippen molar-refractivity contribution >= 4 is 11.7 Å². The van der Waals surface area contributed by atoms with E-state index in [9.17, 15) is 18.0 Å². The van der Waals surface area contributed by atoms with E-state index in [1.165, 1.54) is 6.20 Å². The lowest BCUT2D eigenvalue weighted by Gasteiger charge is -2.42. The van der Waals surface area contributed by atoms with Gasteiger partial charge in [-0.2, -0.15) is 13.2 Å². The van der Waals surface area contributed by atoms with Crippen LogP contribution in [0.5, 0.6) is 11.5 Å². The Balaban J connectivity index is 1.37. The Morgan fingerprint density at radius 2 is 1.87 bits per heavy atom. The van der Waals surface area contributed by atoms with Gasteiger partial charge in [0.1, 0.15) is 17.3 Å². The van der Waals surface area contributed by atoms with Crippen LogP contribution in [-0.4, -0.2) is 62.2 Å². The lowest BCUT2D eigenvalue weighted by Crippen LogP contribution is -2.54. The SMILES string of the molecule is COc1ccc(CN[C@@H]2CC[C@@](C(=O)N3CCN(c4cc(C(F)(F)F)ccn4)CC3)(C(C)C)C2)c(OC)c1. The average Bonchev–Trinajstić information content (AvgIpc) is 3.37. The Morgan fingerprint density at radius 3 is 2.50 bits per heavy atom. The first-order valence-electron chi connectivity index (χ1n) is 13.1. The van der Waals surface area contributed by atoms with Crippen LogP contribution in [0.2, 0.25) is 0 Å². The van der Waals surface area contributed by atoms with Gasteiger partial charge in [-0.3, -0.25) is 4.79 Å². The molecule has 2 aliphatic rings. The molecule has 1 N–H and O–H groups in total. The highest BCUT2D eigenvalue weighted by Crippen LogP contribution is 2.46. The van der Waals surface area contributed by atoms with Crippen molar-refractivity contribution in [1.82, 2.24) is 15.2 Å². The van der Waals surface area contributed by atoms with Gasteiger partial charge in [-0.15, -0.1) is 0 Å². The van der Waals surface area contributed by atoms with Crippen LogP contribution in [0.25, 0.3) is 0 Å². The van der Waals surface area contributed by atoms with Gasteiger partial charge >= 0.3 is 6.18 Å². The van der Waals surface area contributed by atoms with Crippen molar-refractivity contribution in [3.8, 4) is 11.5 Å². The molecule has 1 aromatic heterocycles. The monoisotopic (exact) mass is 534 g/mol. The van der Waals surface area contributed by atoms with E-state index in [1.54, 1.807) is 14.2 Å². The van der Waals surface area contributed by atoms with Crippen molar-refractivity contribution < 1.29 is 27.4 Å². The summed E-state index contributed by atoms with van der Waals surface area (Å²) in [4.78, 5) is 21.7. The van der Waals surface area contributed by atoms with E-state index in [4.69, 9.17) is 9.47 Å². The number of halogens is 3. The van der Waals surface area contributed by atoms with Gasteiger partial charge in [0.15, 0.2) is 0 Å². The Bertz CT molecular complexity index is 1120. The molecular formula is C28H37F3N4O3. The van der Waals surface area contributed by atoms with Crippen molar-refractivity contribution in [3.63, 3.8) is 0 Å². The molecule has 1 aliphatic heterocycles. The number of aromatic nitrogens is 1. The summed E-state index contributed by atoms with van der Waals surface area (Å²) >= 11 is 0. The van der Waals surface area contributed by atoms with Crippen LogP contribution in [0.3, 0.4) is 0 Å². The third kappa shape index (κ3) is 5.85. The molecule has 2 heterocycles. The van der Waals surface area contributed by atoms with E-state index < -0.39 is 17.2 Å². The van der Waals surface area contributed by atoms with Gasteiger partial charge in [0.05, 0.1) is 25.2 Å². The van der Waals surface area contributed by atoms with Crippen molar-refractivity contribution in [2.24, 2.45) is 11.3 Å². The first kappa shape index (κ1) is 28.0. The summed E-state index contributed by atoms with van der Waals surface area (Å²) in [5.41, 5.74) is -0.143. The maximum absolute atomic E-state index is 13.9. The number of methoxy groups -OCH3 is 2. The molecule has 0 radical (unpaired) electrons. The molecule has 1 amide bonds. The van der Waals surface area contributed by atoms with Crippen molar-refractivity contribution in [2.75, 3.05) is 45.3 Å².